The maximum atomic E-state index is 14.3. The molecule has 0 unspecified atom stereocenters. The number of carbonyl (C=O) groups excluding carboxylic acids is 2. The van der Waals surface area contributed by atoms with E-state index in [1.165, 1.54) is 13.2 Å². The van der Waals surface area contributed by atoms with Crippen molar-refractivity contribution in [1.82, 2.24) is 30.3 Å². The summed E-state index contributed by atoms with van der Waals surface area (Å²) >= 11 is 0. The Labute approximate surface area is 208 Å². The molecule has 4 aliphatic rings. The van der Waals surface area contributed by atoms with Crippen molar-refractivity contribution in [3.05, 3.63) is 29.8 Å². The van der Waals surface area contributed by atoms with Gasteiger partial charge in [0.15, 0.2) is 11.5 Å². The molecule has 2 amide bonds. The fourth-order valence-corrected chi connectivity index (χ4v) is 5.83. The number of aromatic nitrogens is 3. The Kier molecular flexibility index (Phi) is 5.91. The lowest BCUT2D eigenvalue weighted by molar-refractivity contribution is -0.129. The number of nitrogens with one attached hydrogen (secondary N) is 2. The van der Waals surface area contributed by atoms with E-state index in [9.17, 15) is 14.0 Å². The Morgan fingerprint density at radius 1 is 1.28 bits per heavy atom. The van der Waals surface area contributed by atoms with E-state index in [0.29, 0.717) is 31.1 Å². The number of halogens is 1. The molecule has 3 saturated heterocycles. The fourth-order valence-electron chi connectivity index (χ4n) is 5.83. The van der Waals surface area contributed by atoms with E-state index in [1.54, 1.807) is 6.07 Å². The number of likely N-dealkylation sites (tertiary alicyclic amines) is 2. The van der Waals surface area contributed by atoms with Crippen LogP contribution in [0, 0.1) is 11.7 Å². The van der Waals surface area contributed by atoms with Gasteiger partial charge in [-0.2, -0.15) is 5.10 Å². The molecule has 4 fully saturated rings. The van der Waals surface area contributed by atoms with Gasteiger partial charge in [-0.15, -0.1) is 0 Å². The highest BCUT2D eigenvalue weighted by atomic mass is 19.1. The Hall–Kier alpha value is -3.05. The van der Waals surface area contributed by atoms with Crippen molar-refractivity contribution in [2.75, 3.05) is 40.0 Å². The molecule has 36 heavy (non-hydrogen) atoms. The van der Waals surface area contributed by atoms with Crippen molar-refractivity contribution in [2.24, 2.45) is 5.92 Å². The average molecular weight is 499 g/mol. The standard InChI is InChI=1S/C25H31FN6O4/c1-35-22-8-18(19(26)11-27-22)20-9-21(30-29-20)24(34)32-6-2-15(10-25(32)4-5-25)23(33)28-16-12-31(13-16)17-3-7-36-14-17/h8-9,11,15-17H,2-7,10,12-14H2,1H3,(H,28,33)(H,29,30)/t15-,17+/m0/s1. The van der Waals surface area contributed by atoms with Crippen molar-refractivity contribution in [3.8, 4) is 17.1 Å². The first-order valence-electron chi connectivity index (χ1n) is 12.7. The third kappa shape index (κ3) is 4.24. The van der Waals surface area contributed by atoms with Crippen LogP contribution in [-0.2, 0) is 9.53 Å². The Morgan fingerprint density at radius 3 is 2.83 bits per heavy atom. The van der Waals surface area contributed by atoms with E-state index in [4.69, 9.17) is 9.47 Å². The molecule has 1 spiro atoms. The lowest BCUT2D eigenvalue weighted by Crippen LogP contribution is -2.63. The molecule has 0 aromatic carbocycles. The van der Waals surface area contributed by atoms with Gasteiger partial charge in [0.05, 0.1) is 31.6 Å². The number of rotatable bonds is 6. The van der Waals surface area contributed by atoms with Gasteiger partial charge in [-0.1, -0.05) is 0 Å². The number of piperidine rings is 1. The number of aromatic amines is 1. The number of pyridine rings is 1. The van der Waals surface area contributed by atoms with Crippen LogP contribution in [0.15, 0.2) is 18.3 Å². The SMILES string of the molecule is COc1cc(-c2cc(C(=O)N3CC[C@H](C(=O)NC4CN([C@@H]5CCOC5)C4)CC34CC4)n[nH]2)c(F)cn1. The van der Waals surface area contributed by atoms with Crippen LogP contribution in [0.4, 0.5) is 4.39 Å². The molecule has 1 aliphatic carbocycles. The van der Waals surface area contributed by atoms with Gasteiger partial charge in [0, 0.05) is 55.4 Å². The molecule has 0 radical (unpaired) electrons. The zero-order chi connectivity index (χ0) is 24.9. The van der Waals surface area contributed by atoms with Gasteiger partial charge < -0.3 is 19.7 Å². The summed E-state index contributed by atoms with van der Waals surface area (Å²) in [7, 11) is 1.46. The molecular weight excluding hydrogens is 467 g/mol. The number of H-pyrrole nitrogens is 1. The van der Waals surface area contributed by atoms with Crippen molar-refractivity contribution in [2.45, 2.75) is 49.7 Å². The maximum absolute atomic E-state index is 14.3. The molecule has 11 heteroatoms. The Morgan fingerprint density at radius 2 is 2.11 bits per heavy atom. The summed E-state index contributed by atoms with van der Waals surface area (Å²) in [5.41, 5.74) is 0.572. The first kappa shape index (κ1) is 23.4. The lowest BCUT2D eigenvalue weighted by Gasteiger charge is -2.44. The highest BCUT2D eigenvalue weighted by Crippen LogP contribution is 2.50. The minimum Gasteiger partial charge on any atom is -0.481 e. The van der Waals surface area contributed by atoms with Crippen molar-refractivity contribution in [1.29, 1.82) is 0 Å². The highest BCUT2D eigenvalue weighted by Gasteiger charge is 2.55. The van der Waals surface area contributed by atoms with Gasteiger partial charge in [0.25, 0.3) is 5.91 Å². The van der Waals surface area contributed by atoms with Crippen LogP contribution >= 0.6 is 0 Å². The van der Waals surface area contributed by atoms with E-state index in [-0.39, 0.29) is 46.5 Å². The second-order valence-corrected chi connectivity index (χ2v) is 10.4. The number of nitrogens with zero attached hydrogens (tertiary/aromatic N) is 4. The molecule has 10 nitrogen and oxygen atoms in total. The number of hydrogen-bond acceptors (Lipinski definition) is 7. The molecule has 192 valence electrons. The largest absolute Gasteiger partial charge is 0.481 e. The second kappa shape index (κ2) is 9.11. The molecule has 0 bridgehead atoms. The van der Waals surface area contributed by atoms with Gasteiger partial charge in [-0.3, -0.25) is 19.6 Å². The van der Waals surface area contributed by atoms with Gasteiger partial charge in [-0.25, -0.2) is 9.37 Å². The van der Waals surface area contributed by atoms with Crippen molar-refractivity contribution in [3.63, 3.8) is 0 Å². The normalized spacial score (nSPS) is 25.6. The van der Waals surface area contributed by atoms with Crippen LogP contribution in [0.2, 0.25) is 0 Å². The lowest BCUT2D eigenvalue weighted by atomic mass is 9.87. The number of hydrogen-bond donors (Lipinski definition) is 2. The summed E-state index contributed by atoms with van der Waals surface area (Å²) in [6.07, 6.45) is 5.21. The molecule has 2 aromatic rings. The first-order chi connectivity index (χ1) is 17.5. The molecule has 5 heterocycles. The zero-order valence-corrected chi connectivity index (χ0v) is 20.3. The monoisotopic (exact) mass is 498 g/mol. The van der Waals surface area contributed by atoms with Gasteiger partial charge in [0.1, 0.15) is 0 Å². The van der Waals surface area contributed by atoms with Gasteiger partial charge in [0.2, 0.25) is 11.8 Å². The molecule has 2 N–H and O–H groups in total. The summed E-state index contributed by atoms with van der Waals surface area (Å²) in [4.78, 5) is 34.5. The molecule has 6 rings (SSSR count). The average Bonchev–Trinajstić information content (AvgIpc) is 3.26. The van der Waals surface area contributed by atoms with Gasteiger partial charge in [-0.05, 0) is 38.2 Å². The summed E-state index contributed by atoms with van der Waals surface area (Å²) in [6.45, 7) is 3.89. The Balaban J connectivity index is 1.07. The highest BCUT2D eigenvalue weighted by molar-refractivity contribution is 5.94. The van der Waals surface area contributed by atoms with Crippen LogP contribution < -0.4 is 10.1 Å². The van der Waals surface area contributed by atoms with Crippen LogP contribution in [0.3, 0.4) is 0 Å². The number of amides is 2. The molecule has 2 aromatic heterocycles. The summed E-state index contributed by atoms with van der Waals surface area (Å²) < 4.78 is 24.9. The number of methoxy groups -OCH3 is 1. The number of ether oxygens (including phenoxy) is 2. The van der Waals surface area contributed by atoms with Crippen molar-refractivity contribution < 1.29 is 23.5 Å². The fraction of sp³-hybridized carbons (Fsp3) is 0.600. The smallest absolute Gasteiger partial charge is 0.274 e. The summed E-state index contributed by atoms with van der Waals surface area (Å²) in [5, 5.41) is 10.2. The predicted molar refractivity (Wildman–Crippen MR) is 127 cm³/mol. The summed E-state index contributed by atoms with van der Waals surface area (Å²) in [6, 6.07) is 3.71. The van der Waals surface area contributed by atoms with Crippen molar-refractivity contribution >= 4 is 11.8 Å². The molecule has 1 saturated carbocycles. The quantitative estimate of drug-likeness (QED) is 0.622. The second-order valence-electron chi connectivity index (χ2n) is 10.4. The van der Waals surface area contributed by atoms with E-state index in [0.717, 1.165) is 51.8 Å². The first-order valence-corrected chi connectivity index (χ1v) is 12.7. The summed E-state index contributed by atoms with van der Waals surface area (Å²) in [5.74, 6) is -0.439. The van der Waals surface area contributed by atoms with E-state index >= 15 is 0 Å². The third-order valence-electron chi connectivity index (χ3n) is 8.15. The van der Waals surface area contributed by atoms with Crippen LogP contribution in [-0.4, -0.2) is 94.4 Å². The number of carbonyl (C=O) groups is 2. The predicted octanol–water partition coefficient (Wildman–Crippen LogP) is 1.59. The van der Waals surface area contributed by atoms with E-state index < -0.39 is 5.82 Å². The maximum Gasteiger partial charge on any atom is 0.274 e. The van der Waals surface area contributed by atoms with E-state index in [2.05, 4.69) is 25.4 Å². The van der Waals surface area contributed by atoms with E-state index in [1.807, 2.05) is 4.90 Å². The van der Waals surface area contributed by atoms with Crippen LogP contribution in [0.5, 0.6) is 5.88 Å². The third-order valence-corrected chi connectivity index (χ3v) is 8.15. The Bertz CT molecular complexity index is 1160. The zero-order valence-electron chi connectivity index (χ0n) is 20.3. The van der Waals surface area contributed by atoms with Gasteiger partial charge >= 0.3 is 0 Å². The molecule has 2 atom stereocenters. The minimum atomic E-state index is -0.532. The molecule has 3 aliphatic heterocycles. The van der Waals surface area contributed by atoms with Crippen LogP contribution in [0.25, 0.3) is 11.3 Å². The van der Waals surface area contributed by atoms with Crippen LogP contribution in [0.1, 0.15) is 42.6 Å². The topological polar surface area (TPSA) is 113 Å². The minimum absolute atomic E-state index is 0.0893. The molecular formula is C25H31FN6O4.